The van der Waals surface area contributed by atoms with Crippen LogP contribution in [0.3, 0.4) is 0 Å². The Hall–Kier alpha value is -0.950. The van der Waals surface area contributed by atoms with Crippen LogP contribution in [-0.2, 0) is 10.0 Å². The maximum absolute atomic E-state index is 11.4. The third kappa shape index (κ3) is 3.33. The molecule has 0 heterocycles. The number of aliphatic hydroxyl groups is 2. The fourth-order valence-corrected chi connectivity index (χ4v) is 3.46. The Labute approximate surface area is 113 Å². The van der Waals surface area contributed by atoms with E-state index in [1.165, 1.54) is 0 Å². The van der Waals surface area contributed by atoms with E-state index in [4.69, 9.17) is 0 Å². The smallest absolute Gasteiger partial charge is 0.209 e. The van der Waals surface area contributed by atoms with Gasteiger partial charge in [-0.1, -0.05) is 29.8 Å². The van der Waals surface area contributed by atoms with Crippen LogP contribution in [0.15, 0.2) is 24.3 Å². The van der Waals surface area contributed by atoms with Crippen molar-refractivity contribution in [2.75, 3.05) is 6.26 Å². The Morgan fingerprint density at radius 3 is 2.58 bits per heavy atom. The van der Waals surface area contributed by atoms with Crippen molar-refractivity contribution in [3.8, 4) is 0 Å². The van der Waals surface area contributed by atoms with E-state index in [0.29, 0.717) is 6.42 Å². The molecule has 4 atom stereocenters. The van der Waals surface area contributed by atoms with Gasteiger partial charge in [0.2, 0.25) is 10.0 Å². The second-order valence-electron chi connectivity index (χ2n) is 5.23. The highest BCUT2D eigenvalue weighted by molar-refractivity contribution is 7.88. The fraction of sp³-hybridized carbons (Fsp3) is 0.538. The van der Waals surface area contributed by atoms with Gasteiger partial charge in [0.05, 0.1) is 24.5 Å². The molecular formula is C13H19NO4S. The Kier molecular flexibility index (Phi) is 3.96. The first-order chi connectivity index (χ1) is 8.78. The summed E-state index contributed by atoms with van der Waals surface area (Å²) >= 11 is 0. The first-order valence-electron chi connectivity index (χ1n) is 6.18. The highest BCUT2D eigenvalue weighted by atomic mass is 32.2. The van der Waals surface area contributed by atoms with Crippen LogP contribution in [0.1, 0.15) is 23.5 Å². The minimum Gasteiger partial charge on any atom is -0.390 e. The van der Waals surface area contributed by atoms with Crippen LogP contribution in [0.25, 0.3) is 0 Å². The van der Waals surface area contributed by atoms with Gasteiger partial charge in [0.1, 0.15) is 0 Å². The number of rotatable bonds is 3. The molecule has 1 fully saturated rings. The number of aliphatic hydroxyl groups excluding tert-OH is 2. The highest BCUT2D eigenvalue weighted by Gasteiger charge is 2.43. The van der Waals surface area contributed by atoms with Crippen LogP contribution in [0.4, 0.5) is 0 Å². The number of hydrogen-bond donors (Lipinski definition) is 3. The SMILES string of the molecule is Cc1cccc(C2CC(O)C(O)C2NS(C)(=O)=O)c1. The molecule has 0 aromatic heterocycles. The molecule has 106 valence electrons. The molecule has 19 heavy (non-hydrogen) atoms. The fourth-order valence-electron chi connectivity index (χ4n) is 2.67. The molecule has 5 nitrogen and oxygen atoms in total. The summed E-state index contributed by atoms with van der Waals surface area (Å²) in [7, 11) is -3.44. The average Bonchev–Trinajstić information content (AvgIpc) is 2.55. The maximum Gasteiger partial charge on any atom is 0.209 e. The molecule has 1 aromatic carbocycles. The highest BCUT2D eigenvalue weighted by Crippen LogP contribution is 2.35. The second-order valence-corrected chi connectivity index (χ2v) is 7.01. The van der Waals surface area contributed by atoms with Crippen molar-refractivity contribution in [3.05, 3.63) is 35.4 Å². The largest absolute Gasteiger partial charge is 0.390 e. The number of benzene rings is 1. The van der Waals surface area contributed by atoms with Gasteiger partial charge in [-0.25, -0.2) is 13.1 Å². The van der Waals surface area contributed by atoms with Crippen molar-refractivity contribution in [1.29, 1.82) is 0 Å². The van der Waals surface area contributed by atoms with Crippen LogP contribution >= 0.6 is 0 Å². The Morgan fingerprint density at radius 1 is 1.32 bits per heavy atom. The number of sulfonamides is 1. The van der Waals surface area contributed by atoms with Crippen molar-refractivity contribution < 1.29 is 18.6 Å². The lowest BCUT2D eigenvalue weighted by molar-refractivity contribution is 0.0338. The summed E-state index contributed by atoms with van der Waals surface area (Å²) in [6.45, 7) is 1.95. The van der Waals surface area contributed by atoms with Crippen LogP contribution in [0.2, 0.25) is 0 Å². The predicted molar refractivity (Wildman–Crippen MR) is 72.3 cm³/mol. The first kappa shape index (κ1) is 14.5. The summed E-state index contributed by atoms with van der Waals surface area (Å²) in [5.74, 6) is -0.223. The lowest BCUT2D eigenvalue weighted by Gasteiger charge is -2.23. The minimum absolute atomic E-state index is 0.223. The molecule has 1 aromatic rings. The molecule has 2 rings (SSSR count). The molecule has 0 saturated heterocycles. The molecule has 0 amide bonds. The quantitative estimate of drug-likeness (QED) is 0.736. The molecule has 0 spiro atoms. The van der Waals surface area contributed by atoms with Gasteiger partial charge in [0.25, 0.3) is 0 Å². The molecule has 1 aliphatic rings. The molecule has 0 aliphatic heterocycles. The van der Waals surface area contributed by atoms with Crippen molar-refractivity contribution in [3.63, 3.8) is 0 Å². The van der Waals surface area contributed by atoms with E-state index in [2.05, 4.69) is 4.72 Å². The molecule has 0 radical (unpaired) electrons. The summed E-state index contributed by atoms with van der Waals surface area (Å²) in [5, 5.41) is 19.7. The lowest BCUT2D eigenvalue weighted by atomic mass is 9.93. The van der Waals surface area contributed by atoms with E-state index in [-0.39, 0.29) is 5.92 Å². The zero-order chi connectivity index (χ0) is 14.2. The van der Waals surface area contributed by atoms with Crippen LogP contribution < -0.4 is 4.72 Å². The number of hydrogen-bond acceptors (Lipinski definition) is 4. The molecule has 0 bridgehead atoms. The molecule has 4 unspecified atom stereocenters. The summed E-state index contributed by atoms with van der Waals surface area (Å²) < 4.78 is 25.2. The van der Waals surface area contributed by atoms with Gasteiger partial charge in [-0.3, -0.25) is 0 Å². The van der Waals surface area contributed by atoms with Crippen molar-refractivity contribution in [1.82, 2.24) is 4.72 Å². The Bertz CT molecular complexity index is 558. The van der Waals surface area contributed by atoms with Gasteiger partial charge >= 0.3 is 0 Å². The summed E-state index contributed by atoms with van der Waals surface area (Å²) in [6, 6.07) is 6.99. The van der Waals surface area contributed by atoms with E-state index < -0.39 is 28.3 Å². The zero-order valence-electron chi connectivity index (χ0n) is 10.9. The third-order valence-electron chi connectivity index (χ3n) is 3.51. The minimum atomic E-state index is -3.44. The van der Waals surface area contributed by atoms with Crippen LogP contribution in [-0.4, -0.2) is 43.1 Å². The van der Waals surface area contributed by atoms with Crippen molar-refractivity contribution in [2.24, 2.45) is 0 Å². The number of aryl methyl sites for hydroxylation is 1. The normalized spacial score (nSPS) is 31.6. The number of nitrogens with one attached hydrogen (secondary N) is 1. The molecule has 6 heteroatoms. The van der Waals surface area contributed by atoms with Crippen molar-refractivity contribution in [2.45, 2.75) is 37.5 Å². The van der Waals surface area contributed by atoms with Crippen molar-refractivity contribution >= 4 is 10.0 Å². The molecule has 1 aliphatic carbocycles. The van der Waals surface area contributed by atoms with E-state index in [1.54, 1.807) is 0 Å². The van der Waals surface area contributed by atoms with Crippen LogP contribution in [0, 0.1) is 6.92 Å². The van der Waals surface area contributed by atoms with Gasteiger partial charge in [0, 0.05) is 5.92 Å². The molecule has 1 saturated carbocycles. The maximum atomic E-state index is 11.4. The van der Waals surface area contributed by atoms with E-state index in [1.807, 2.05) is 31.2 Å². The zero-order valence-corrected chi connectivity index (χ0v) is 11.8. The van der Waals surface area contributed by atoms with Gasteiger partial charge < -0.3 is 10.2 Å². The standard InChI is InChI=1S/C13H19NO4S/c1-8-4-3-5-9(6-8)10-7-11(15)13(16)12(10)14-19(2,17)18/h3-6,10-16H,7H2,1-2H3. The average molecular weight is 285 g/mol. The monoisotopic (exact) mass is 285 g/mol. The van der Waals surface area contributed by atoms with E-state index in [0.717, 1.165) is 17.4 Å². The van der Waals surface area contributed by atoms with Crippen LogP contribution in [0.5, 0.6) is 0 Å². The predicted octanol–water partition coefficient (Wildman–Crippen LogP) is 0.122. The first-order valence-corrected chi connectivity index (χ1v) is 8.07. The topological polar surface area (TPSA) is 86.6 Å². The molecular weight excluding hydrogens is 266 g/mol. The van der Waals surface area contributed by atoms with E-state index >= 15 is 0 Å². The second kappa shape index (κ2) is 5.20. The lowest BCUT2D eigenvalue weighted by Crippen LogP contribution is -2.44. The van der Waals surface area contributed by atoms with Gasteiger partial charge in [-0.2, -0.15) is 0 Å². The van der Waals surface area contributed by atoms with Gasteiger partial charge in [-0.15, -0.1) is 0 Å². The van der Waals surface area contributed by atoms with E-state index in [9.17, 15) is 18.6 Å². The van der Waals surface area contributed by atoms with Gasteiger partial charge in [-0.05, 0) is 18.9 Å². The van der Waals surface area contributed by atoms with Gasteiger partial charge in [0.15, 0.2) is 0 Å². The summed E-state index contributed by atoms with van der Waals surface area (Å²) in [5.41, 5.74) is 1.99. The third-order valence-corrected chi connectivity index (χ3v) is 4.21. The molecule has 3 N–H and O–H groups in total. The summed E-state index contributed by atoms with van der Waals surface area (Å²) in [4.78, 5) is 0. The Morgan fingerprint density at radius 2 is 2.00 bits per heavy atom. The summed E-state index contributed by atoms with van der Waals surface area (Å²) in [6.07, 6.45) is -0.597. The Balaban J connectivity index is 2.32.